The Labute approximate surface area is 149 Å². The van der Waals surface area contributed by atoms with Crippen molar-refractivity contribution in [1.29, 1.82) is 0 Å². The molecule has 0 fully saturated rings. The van der Waals surface area contributed by atoms with Gasteiger partial charge in [0, 0.05) is 12.7 Å². The summed E-state index contributed by atoms with van der Waals surface area (Å²) in [7, 11) is 1.52. The Morgan fingerprint density at radius 1 is 1.27 bits per heavy atom. The first-order valence-electron chi connectivity index (χ1n) is 7.87. The molecule has 7 nitrogen and oxygen atoms in total. The lowest BCUT2D eigenvalue weighted by Crippen LogP contribution is -2.38. The van der Waals surface area contributed by atoms with Crippen molar-refractivity contribution in [3.8, 4) is 5.69 Å². The lowest BCUT2D eigenvalue weighted by atomic mass is 10.3. The number of amides is 2. The van der Waals surface area contributed by atoms with E-state index >= 15 is 0 Å². The Balaban J connectivity index is 1.64. The monoisotopic (exact) mass is 356 g/mol. The van der Waals surface area contributed by atoms with Crippen LogP contribution in [0, 0.1) is 5.82 Å². The molecule has 3 aromatic rings. The molecule has 2 amide bonds. The molecule has 1 aromatic carbocycles. The summed E-state index contributed by atoms with van der Waals surface area (Å²) >= 11 is 0. The van der Waals surface area contributed by atoms with E-state index in [4.69, 9.17) is 4.42 Å². The van der Waals surface area contributed by atoms with Gasteiger partial charge in [0.15, 0.2) is 0 Å². The number of furan rings is 1. The van der Waals surface area contributed by atoms with Crippen LogP contribution in [-0.4, -0.2) is 39.9 Å². The summed E-state index contributed by atoms with van der Waals surface area (Å²) in [4.78, 5) is 29.9. The SMILES string of the molecule is CN(CC(=O)NCc1ccco1)C(=O)c1cncn1-c1ccc(F)cc1. The molecule has 0 spiro atoms. The normalized spacial score (nSPS) is 10.5. The van der Waals surface area contributed by atoms with Gasteiger partial charge in [0.25, 0.3) is 5.91 Å². The third-order valence-electron chi connectivity index (χ3n) is 3.73. The van der Waals surface area contributed by atoms with Crippen molar-refractivity contribution in [1.82, 2.24) is 19.8 Å². The number of hydrogen-bond acceptors (Lipinski definition) is 4. The number of aromatic nitrogens is 2. The maximum atomic E-state index is 13.1. The second kappa shape index (κ2) is 7.64. The number of carbonyl (C=O) groups excluding carboxylic acids is 2. The molecule has 3 rings (SSSR count). The van der Waals surface area contributed by atoms with Gasteiger partial charge >= 0.3 is 0 Å². The highest BCUT2D eigenvalue weighted by Gasteiger charge is 2.19. The molecule has 26 heavy (non-hydrogen) atoms. The number of likely N-dealkylation sites (N-methyl/N-ethyl adjacent to an activating group) is 1. The molecule has 0 unspecified atom stereocenters. The number of halogens is 1. The number of rotatable bonds is 6. The van der Waals surface area contributed by atoms with Gasteiger partial charge in [-0.05, 0) is 36.4 Å². The number of nitrogens with one attached hydrogen (secondary N) is 1. The lowest BCUT2D eigenvalue weighted by molar-refractivity contribution is -0.121. The van der Waals surface area contributed by atoms with Gasteiger partial charge in [-0.3, -0.25) is 14.2 Å². The predicted molar refractivity (Wildman–Crippen MR) is 91.0 cm³/mol. The molecule has 0 bridgehead atoms. The third-order valence-corrected chi connectivity index (χ3v) is 3.73. The smallest absolute Gasteiger partial charge is 0.272 e. The standard InChI is InChI=1S/C18H17FN4O3/c1-22(11-17(24)21-9-15-3-2-8-26-15)18(25)16-10-20-12-23(16)14-6-4-13(19)5-7-14/h2-8,10,12H,9,11H2,1H3,(H,21,24). The van der Waals surface area contributed by atoms with Crippen LogP contribution in [0.4, 0.5) is 4.39 Å². The molecule has 134 valence electrons. The largest absolute Gasteiger partial charge is 0.467 e. The fourth-order valence-electron chi connectivity index (χ4n) is 2.40. The second-order valence-electron chi connectivity index (χ2n) is 5.64. The van der Waals surface area contributed by atoms with Gasteiger partial charge in [-0.2, -0.15) is 0 Å². The molecular weight excluding hydrogens is 339 g/mol. The van der Waals surface area contributed by atoms with Crippen LogP contribution in [0.2, 0.25) is 0 Å². The van der Waals surface area contributed by atoms with Crippen LogP contribution in [0.15, 0.2) is 59.6 Å². The van der Waals surface area contributed by atoms with Crippen LogP contribution in [0.5, 0.6) is 0 Å². The molecule has 0 aliphatic rings. The summed E-state index contributed by atoms with van der Waals surface area (Å²) in [6, 6.07) is 9.17. The zero-order chi connectivity index (χ0) is 18.5. The third kappa shape index (κ3) is 3.97. The van der Waals surface area contributed by atoms with E-state index in [1.807, 2.05) is 0 Å². The highest BCUT2D eigenvalue weighted by Crippen LogP contribution is 2.13. The maximum Gasteiger partial charge on any atom is 0.272 e. The van der Waals surface area contributed by atoms with Crippen LogP contribution in [0.25, 0.3) is 5.69 Å². The van der Waals surface area contributed by atoms with Gasteiger partial charge in [-0.25, -0.2) is 9.37 Å². The van der Waals surface area contributed by atoms with E-state index in [2.05, 4.69) is 10.3 Å². The van der Waals surface area contributed by atoms with Gasteiger partial charge in [0.2, 0.25) is 5.91 Å². The van der Waals surface area contributed by atoms with Gasteiger partial charge in [0.1, 0.15) is 17.3 Å². The summed E-state index contributed by atoms with van der Waals surface area (Å²) in [5.41, 5.74) is 0.876. The molecule has 0 atom stereocenters. The van der Waals surface area contributed by atoms with Crippen molar-refractivity contribution in [2.75, 3.05) is 13.6 Å². The van der Waals surface area contributed by atoms with Crippen LogP contribution >= 0.6 is 0 Å². The Morgan fingerprint density at radius 2 is 2.04 bits per heavy atom. The molecule has 0 aliphatic heterocycles. The Hall–Kier alpha value is -3.42. The van der Waals surface area contributed by atoms with E-state index in [1.54, 1.807) is 28.8 Å². The molecule has 8 heteroatoms. The van der Waals surface area contributed by atoms with E-state index in [1.165, 1.54) is 42.9 Å². The molecule has 0 saturated heterocycles. The van der Waals surface area contributed by atoms with Crippen molar-refractivity contribution in [3.05, 3.63) is 72.5 Å². The Kier molecular flexibility index (Phi) is 5.12. The minimum Gasteiger partial charge on any atom is -0.467 e. The number of carbonyl (C=O) groups is 2. The molecule has 2 heterocycles. The summed E-state index contributed by atoms with van der Waals surface area (Å²) < 4.78 is 19.8. The number of nitrogens with zero attached hydrogens (tertiary/aromatic N) is 3. The first kappa shape index (κ1) is 17.4. The van der Waals surface area contributed by atoms with E-state index in [0.29, 0.717) is 11.4 Å². The van der Waals surface area contributed by atoms with E-state index in [-0.39, 0.29) is 36.4 Å². The number of hydrogen-bond donors (Lipinski definition) is 1. The van der Waals surface area contributed by atoms with Crippen LogP contribution in [0.3, 0.4) is 0 Å². The molecule has 1 N–H and O–H groups in total. The van der Waals surface area contributed by atoms with Crippen molar-refractivity contribution in [3.63, 3.8) is 0 Å². The second-order valence-corrected chi connectivity index (χ2v) is 5.64. The topological polar surface area (TPSA) is 80.4 Å². The van der Waals surface area contributed by atoms with Crippen molar-refractivity contribution < 1.29 is 18.4 Å². The van der Waals surface area contributed by atoms with Crippen molar-refractivity contribution in [2.24, 2.45) is 0 Å². The summed E-state index contributed by atoms with van der Waals surface area (Å²) in [6.45, 7) is 0.134. The maximum absolute atomic E-state index is 13.1. The first-order valence-corrected chi connectivity index (χ1v) is 7.87. The number of imidazole rings is 1. The van der Waals surface area contributed by atoms with Gasteiger partial charge in [-0.1, -0.05) is 0 Å². The number of benzene rings is 1. The lowest BCUT2D eigenvalue weighted by Gasteiger charge is -2.17. The Bertz CT molecular complexity index is 888. The summed E-state index contributed by atoms with van der Waals surface area (Å²) in [6.07, 6.45) is 4.39. The molecule has 0 radical (unpaired) electrons. The average Bonchev–Trinajstić information content (AvgIpc) is 3.31. The minimum absolute atomic E-state index is 0.117. The highest BCUT2D eigenvalue weighted by atomic mass is 19.1. The van der Waals surface area contributed by atoms with Crippen molar-refractivity contribution in [2.45, 2.75) is 6.54 Å². The van der Waals surface area contributed by atoms with E-state index in [0.717, 1.165) is 0 Å². The zero-order valence-corrected chi connectivity index (χ0v) is 14.1. The zero-order valence-electron chi connectivity index (χ0n) is 14.1. The van der Waals surface area contributed by atoms with Gasteiger partial charge in [0.05, 0.1) is 31.9 Å². The molecule has 0 saturated carbocycles. The van der Waals surface area contributed by atoms with Gasteiger partial charge < -0.3 is 14.6 Å². The van der Waals surface area contributed by atoms with E-state index in [9.17, 15) is 14.0 Å². The summed E-state index contributed by atoms with van der Waals surface area (Å²) in [5, 5.41) is 2.68. The quantitative estimate of drug-likeness (QED) is 0.732. The van der Waals surface area contributed by atoms with E-state index < -0.39 is 0 Å². The minimum atomic E-state index is -0.375. The predicted octanol–water partition coefficient (Wildman–Crippen LogP) is 1.99. The molecule has 0 aliphatic carbocycles. The van der Waals surface area contributed by atoms with Crippen LogP contribution in [0.1, 0.15) is 16.2 Å². The highest BCUT2D eigenvalue weighted by molar-refractivity contribution is 5.95. The molecular formula is C18H17FN4O3. The fraction of sp³-hybridized carbons (Fsp3) is 0.167. The fourth-order valence-corrected chi connectivity index (χ4v) is 2.40. The average molecular weight is 356 g/mol. The van der Waals surface area contributed by atoms with Crippen LogP contribution in [-0.2, 0) is 11.3 Å². The first-order chi connectivity index (χ1) is 12.5. The summed E-state index contributed by atoms with van der Waals surface area (Å²) in [5.74, 6) is -0.432. The Morgan fingerprint density at radius 3 is 2.73 bits per heavy atom. The molecule has 2 aromatic heterocycles. The van der Waals surface area contributed by atoms with Gasteiger partial charge in [-0.15, -0.1) is 0 Å². The van der Waals surface area contributed by atoms with Crippen LogP contribution < -0.4 is 5.32 Å². The van der Waals surface area contributed by atoms with Crippen molar-refractivity contribution >= 4 is 11.8 Å².